The number of amides is 1. The highest BCUT2D eigenvalue weighted by molar-refractivity contribution is 6.30. The van der Waals surface area contributed by atoms with Crippen LogP contribution >= 0.6 is 11.6 Å². The number of aromatic nitrogens is 2. The van der Waals surface area contributed by atoms with Crippen molar-refractivity contribution in [2.75, 3.05) is 39.4 Å². The summed E-state index contributed by atoms with van der Waals surface area (Å²) < 4.78 is 12.4. The molecule has 7 nitrogen and oxygen atoms in total. The number of rotatable bonds is 7. The highest BCUT2D eigenvalue weighted by Crippen LogP contribution is 2.27. The summed E-state index contributed by atoms with van der Waals surface area (Å²) in [6, 6.07) is 7.30. The maximum atomic E-state index is 13.1. The smallest absolute Gasteiger partial charge is 0.225 e. The molecule has 2 fully saturated rings. The molecule has 0 aliphatic carbocycles. The number of benzene rings is 1. The molecule has 0 spiro atoms. The van der Waals surface area contributed by atoms with Crippen molar-refractivity contribution in [1.29, 1.82) is 0 Å². The third kappa shape index (κ3) is 5.79. The van der Waals surface area contributed by atoms with Crippen LogP contribution in [0.2, 0.25) is 5.02 Å². The summed E-state index contributed by atoms with van der Waals surface area (Å²) >= 11 is 6.00. The molecule has 2 aliphatic heterocycles. The van der Waals surface area contributed by atoms with Gasteiger partial charge >= 0.3 is 0 Å². The van der Waals surface area contributed by atoms with E-state index in [4.69, 9.17) is 21.1 Å². The number of H-pyrrole nitrogens is 1. The molecule has 8 heteroatoms. The Balaban J connectivity index is 1.48. The second-order valence-electron chi connectivity index (χ2n) is 8.62. The molecule has 3 heterocycles. The molecule has 0 bridgehead atoms. The van der Waals surface area contributed by atoms with Crippen molar-refractivity contribution in [3.63, 3.8) is 0 Å². The van der Waals surface area contributed by atoms with Crippen LogP contribution in [0.3, 0.4) is 0 Å². The zero-order chi connectivity index (χ0) is 21.7. The van der Waals surface area contributed by atoms with Gasteiger partial charge in [-0.1, -0.05) is 11.6 Å². The second-order valence-corrected chi connectivity index (χ2v) is 9.06. The Morgan fingerprint density at radius 3 is 2.71 bits per heavy atom. The van der Waals surface area contributed by atoms with E-state index in [1.807, 2.05) is 30.2 Å². The van der Waals surface area contributed by atoms with E-state index in [1.165, 1.54) is 6.42 Å². The fourth-order valence-corrected chi connectivity index (χ4v) is 4.48. The summed E-state index contributed by atoms with van der Waals surface area (Å²) in [5.74, 6) is 0.876. The van der Waals surface area contributed by atoms with Crippen LogP contribution in [0.5, 0.6) is 5.75 Å². The molecule has 1 atom stereocenters. The molecule has 2 aromatic rings. The summed E-state index contributed by atoms with van der Waals surface area (Å²) in [5.41, 5.74) is 1.54. The minimum Gasteiger partial charge on any atom is -0.491 e. The Morgan fingerprint density at radius 2 is 2.00 bits per heavy atom. The lowest BCUT2D eigenvalue weighted by Crippen LogP contribution is -2.57. The van der Waals surface area contributed by atoms with Gasteiger partial charge in [0.25, 0.3) is 0 Å². The number of carbonyl (C=O) groups excluding carboxylic acids is 1. The average molecular weight is 447 g/mol. The first kappa shape index (κ1) is 22.1. The molecule has 168 valence electrons. The van der Waals surface area contributed by atoms with Gasteiger partial charge in [-0.25, -0.2) is 0 Å². The van der Waals surface area contributed by atoms with Gasteiger partial charge in [-0.2, -0.15) is 5.10 Å². The van der Waals surface area contributed by atoms with Crippen LogP contribution in [0.15, 0.2) is 30.5 Å². The summed E-state index contributed by atoms with van der Waals surface area (Å²) in [6.07, 6.45) is 5.54. The van der Waals surface area contributed by atoms with Crippen molar-refractivity contribution in [3.05, 3.63) is 46.7 Å². The molecule has 1 N–H and O–H groups in total. The number of morpholine rings is 1. The van der Waals surface area contributed by atoms with Gasteiger partial charge in [0.15, 0.2) is 0 Å². The molecule has 1 aromatic heterocycles. The van der Waals surface area contributed by atoms with Crippen LogP contribution in [0, 0.1) is 6.92 Å². The van der Waals surface area contributed by atoms with Crippen molar-refractivity contribution in [2.24, 2.45) is 0 Å². The molecule has 31 heavy (non-hydrogen) atoms. The monoisotopic (exact) mass is 446 g/mol. The first-order chi connectivity index (χ1) is 15.0. The molecule has 0 saturated carbocycles. The Morgan fingerprint density at radius 1 is 1.23 bits per heavy atom. The fourth-order valence-electron chi connectivity index (χ4n) is 4.36. The van der Waals surface area contributed by atoms with Gasteiger partial charge in [-0.05, 0) is 50.5 Å². The summed E-state index contributed by atoms with van der Waals surface area (Å²) in [5, 5.41) is 7.80. The topological polar surface area (TPSA) is 70.7 Å². The quantitative estimate of drug-likeness (QED) is 0.705. The molecule has 1 aromatic carbocycles. The van der Waals surface area contributed by atoms with Crippen LogP contribution in [-0.2, 0) is 16.1 Å². The SMILES string of the molecule is Cc1[nH]ncc1CN1CCO[C@](COc2ccc(Cl)cc2)(CC(=O)N2CCCCC2)C1. The van der Waals surface area contributed by atoms with Gasteiger partial charge in [-0.15, -0.1) is 0 Å². The molecule has 0 radical (unpaired) electrons. The van der Waals surface area contributed by atoms with E-state index in [1.54, 1.807) is 12.1 Å². The van der Waals surface area contributed by atoms with Gasteiger partial charge in [-0.3, -0.25) is 14.8 Å². The number of hydrogen-bond donors (Lipinski definition) is 1. The lowest BCUT2D eigenvalue weighted by Gasteiger charge is -2.43. The van der Waals surface area contributed by atoms with E-state index >= 15 is 0 Å². The molecular weight excluding hydrogens is 416 g/mol. The van der Waals surface area contributed by atoms with Gasteiger partial charge in [0.1, 0.15) is 18.0 Å². The number of carbonyl (C=O) groups is 1. The number of nitrogens with zero attached hydrogens (tertiary/aromatic N) is 3. The molecule has 2 aliphatic rings. The van der Waals surface area contributed by atoms with E-state index in [2.05, 4.69) is 15.1 Å². The fraction of sp³-hybridized carbons (Fsp3) is 0.565. The number of halogens is 1. The summed E-state index contributed by atoms with van der Waals surface area (Å²) in [6.45, 7) is 6.79. The Hall–Kier alpha value is -2.09. The third-order valence-corrected chi connectivity index (χ3v) is 6.41. The number of ether oxygens (including phenoxy) is 2. The van der Waals surface area contributed by atoms with Crippen LogP contribution in [-0.4, -0.2) is 70.9 Å². The number of piperidine rings is 1. The molecule has 0 unspecified atom stereocenters. The largest absolute Gasteiger partial charge is 0.491 e. The molecule has 2 saturated heterocycles. The van der Waals surface area contributed by atoms with Crippen molar-refractivity contribution >= 4 is 17.5 Å². The minimum atomic E-state index is -0.690. The Bertz CT molecular complexity index is 866. The lowest BCUT2D eigenvalue weighted by atomic mass is 9.96. The normalized spacial score (nSPS) is 22.5. The predicted octanol–water partition coefficient (Wildman–Crippen LogP) is 3.42. The van der Waals surface area contributed by atoms with Gasteiger partial charge in [0.05, 0.1) is 19.2 Å². The summed E-state index contributed by atoms with van der Waals surface area (Å²) in [4.78, 5) is 17.5. The first-order valence-electron chi connectivity index (χ1n) is 11.0. The lowest BCUT2D eigenvalue weighted by molar-refractivity contribution is -0.157. The molecule has 4 rings (SSSR count). The van der Waals surface area contributed by atoms with Crippen LogP contribution in [0.4, 0.5) is 0 Å². The van der Waals surface area contributed by atoms with E-state index in [0.717, 1.165) is 56.0 Å². The number of likely N-dealkylation sites (tertiary alicyclic amines) is 1. The second kappa shape index (κ2) is 10.0. The van der Waals surface area contributed by atoms with Crippen molar-refractivity contribution in [1.82, 2.24) is 20.0 Å². The maximum absolute atomic E-state index is 13.1. The van der Waals surface area contributed by atoms with E-state index in [9.17, 15) is 4.79 Å². The third-order valence-electron chi connectivity index (χ3n) is 6.15. The van der Waals surface area contributed by atoms with Gasteiger partial charge < -0.3 is 14.4 Å². The van der Waals surface area contributed by atoms with E-state index in [-0.39, 0.29) is 5.91 Å². The number of nitrogens with one attached hydrogen (secondary N) is 1. The van der Waals surface area contributed by atoms with Gasteiger partial charge in [0.2, 0.25) is 5.91 Å². The Labute approximate surface area is 188 Å². The van der Waals surface area contributed by atoms with Crippen molar-refractivity contribution in [3.8, 4) is 5.75 Å². The number of hydrogen-bond acceptors (Lipinski definition) is 5. The van der Waals surface area contributed by atoms with Crippen molar-refractivity contribution in [2.45, 2.75) is 44.8 Å². The van der Waals surface area contributed by atoms with Gasteiger partial charge in [0, 0.05) is 49.0 Å². The van der Waals surface area contributed by atoms with Crippen LogP contribution < -0.4 is 4.74 Å². The number of aryl methyl sites for hydroxylation is 1. The van der Waals surface area contributed by atoms with Crippen molar-refractivity contribution < 1.29 is 14.3 Å². The maximum Gasteiger partial charge on any atom is 0.225 e. The summed E-state index contributed by atoms with van der Waals surface area (Å²) in [7, 11) is 0. The van der Waals surface area contributed by atoms with E-state index < -0.39 is 5.60 Å². The zero-order valence-corrected chi connectivity index (χ0v) is 18.9. The zero-order valence-electron chi connectivity index (χ0n) is 18.1. The van der Waals surface area contributed by atoms with Crippen LogP contribution in [0.1, 0.15) is 36.9 Å². The predicted molar refractivity (Wildman–Crippen MR) is 119 cm³/mol. The number of aromatic amines is 1. The van der Waals surface area contributed by atoms with Crippen LogP contribution in [0.25, 0.3) is 0 Å². The Kier molecular flexibility index (Phi) is 7.15. The van der Waals surface area contributed by atoms with E-state index in [0.29, 0.717) is 31.2 Å². The standard InChI is InChI=1S/C23H31ClN4O3/c1-18-19(14-25-26-18)15-27-11-12-31-23(16-27,13-22(29)28-9-3-2-4-10-28)17-30-21-7-5-20(24)6-8-21/h5-8,14H,2-4,9-13,15-17H2,1H3,(H,25,26)/t23-/m1/s1. The molecule has 1 amide bonds. The first-order valence-corrected chi connectivity index (χ1v) is 11.4. The highest BCUT2D eigenvalue weighted by Gasteiger charge is 2.41. The molecular formula is C23H31ClN4O3. The highest BCUT2D eigenvalue weighted by atomic mass is 35.5. The minimum absolute atomic E-state index is 0.153. The average Bonchev–Trinajstić information content (AvgIpc) is 3.18.